The van der Waals surface area contributed by atoms with Crippen molar-refractivity contribution in [3.63, 3.8) is 0 Å². The molecule has 0 aliphatic rings. The lowest BCUT2D eigenvalue weighted by molar-refractivity contribution is -0.119. The minimum Gasteiger partial charge on any atom is -0.349 e. The summed E-state index contributed by atoms with van der Waals surface area (Å²) in [5.74, 6) is 0.250. The van der Waals surface area contributed by atoms with Gasteiger partial charge < -0.3 is 10.6 Å². The average Bonchev–Trinajstić information content (AvgIpc) is 2.55. The molecular weight excluding hydrogens is 356 g/mol. The predicted molar refractivity (Wildman–Crippen MR) is 105 cm³/mol. The van der Waals surface area contributed by atoms with E-state index in [0.29, 0.717) is 5.02 Å². The van der Waals surface area contributed by atoms with E-state index in [1.54, 1.807) is 12.1 Å². The summed E-state index contributed by atoms with van der Waals surface area (Å²) >= 11 is 7.15. The Morgan fingerprint density at radius 3 is 2.44 bits per heavy atom. The molecule has 2 rings (SSSR count). The molecule has 2 aromatic rings. The smallest absolute Gasteiger partial charge is 0.234 e. The molecule has 0 heterocycles. The van der Waals surface area contributed by atoms with Crippen LogP contribution < -0.4 is 10.6 Å². The van der Waals surface area contributed by atoms with Gasteiger partial charge in [-0.1, -0.05) is 35.9 Å². The van der Waals surface area contributed by atoms with Crippen molar-refractivity contribution >= 4 is 40.9 Å². The highest BCUT2D eigenvalue weighted by Gasteiger charge is 2.11. The number of carbonyl (C=O) groups is 2. The van der Waals surface area contributed by atoms with E-state index >= 15 is 0 Å². The Morgan fingerprint density at radius 2 is 1.76 bits per heavy atom. The number of thioether (sulfide) groups is 1. The van der Waals surface area contributed by atoms with Gasteiger partial charge in [-0.2, -0.15) is 0 Å². The summed E-state index contributed by atoms with van der Waals surface area (Å²) in [6.07, 6.45) is 0. The second-order valence-electron chi connectivity index (χ2n) is 5.75. The lowest BCUT2D eigenvalue weighted by atomic mass is 10.1. The Morgan fingerprint density at radius 1 is 1.08 bits per heavy atom. The van der Waals surface area contributed by atoms with Gasteiger partial charge in [0.15, 0.2) is 0 Å². The van der Waals surface area contributed by atoms with E-state index in [1.807, 2.05) is 50.2 Å². The molecule has 1 atom stereocenters. The van der Waals surface area contributed by atoms with Crippen molar-refractivity contribution in [1.29, 1.82) is 0 Å². The van der Waals surface area contributed by atoms with Crippen molar-refractivity contribution in [3.05, 3.63) is 64.7 Å². The average molecular weight is 377 g/mol. The van der Waals surface area contributed by atoms with Crippen LogP contribution in [0.1, 0.15) is 24.1 Å². The molecule has 0 saturated heterocycles. The van der Waals surface area contributed by atoms with Crippen molar-refractivity contribution in [3.8, 4) is 0 Å². The Hall–Kier alpha value is -1.98. The first kappa shape index (κ1) is 19.3. The van der Waals surface area contributed by atoms with E-state index in [1.165, 1.54) is 11.8 Å². The molecule has 0 aliphatic heterocycles. The highest BCUT2D eigenvalue weighted by Crippen LogP contribution is 2.16. The largest absolute Gasteiger partial charge is 0.349 e. The first-order valence-corrected chi connectivity index (χ1v) is 9.46. The predicted octanol–water partition coefficient (Wildman–Crippen LogP) is 4.20. The van der Waals surface area contributed by atoms with E-state index in [2.05, 4.69) is 10.6 Å². The monoisotopic (exact) mass is 376 g/mol. The molecule has 0 bridgehead atoms. The van der Waals surface area contributed by atoms with Gasteiger partial charge in [0.05, 0.1) is 17.5 Å². The fourth-order valence-corrected chi connectivity index (χ4v) is 3.03. The van der Waals surface area contributed by atoms with Gasteiger partial charge in [0.2, 0.25) is 11.8 Å². The van der Waals surface area contributed by atoms with Crippen LogP contribution in [0.5, 0.6) is 0 Å². The molecule has 2 aromatic carbocycles. The molecule has 0 radical (unpaired) electrons. The molecule has 1 unspecified atom stereocenters. The van der Waals surface area contributed by atoms with Gasteiger partial charge in [-0.3, -0.25) is 9.59 Å². The highest BCUT2D eigenvalue weighted by atomic mass is 35.5. The molecule has 2 N–H and O–H groups in total. The number of hydrogen-bond donors (Lipinski definition) is 2. The third-order valence-electron chi connectivity index (χ3n) is 3.52. The molecule has 2 amide bonds. The number of benzene rings is 2. The number of halogens is 1. The number of anilines is 1. The summed E-state index contributed by atoms with van der Waals surface area (Å²) in [6.45, 7) is 3.88. The topological polar surface area (TPSA) is 58.2 Å². The molecule has 132 valence electrons. The standard InChI is InChI=1S/C19H21ClN2O2S/c1-13-4-3-5-17(10-13)22-19(24)12-25-11-18(23)21-14(2)15-6-8-16(20)9-7-15/h3-10,14H,11-12H2,1-2H3,(H,21,23)(H,22,24). The minimum atomic E-state index is -0.117. The highest BCUT2D eigenvalue weighted by molar-refractivity contribution is 8.00. The lowest BCUT2D eigenvalue weighted by Crippen LogP contribution is -2.28. The normalized spacial score (nSPS) is 11.6. The minimum absolute atomic E-state index is 0.101. The summed E-state index contributed by atoms with van der Waals surface area (Å²) < 4.78 is 0. The van der Waals surface area contributed by atoms with Gasteiger partial charge in [0, 0.05) is 10.7 Å². The number of amides is 2. The van der Waals surface area contributed by atoms with Gasteiger partial charge in [0.25, 0.3) is 0 Å². The van der Waals surface area contributed by atoms with Crippen LogP contribution in [-0.2, 0) is 9.59 Å². The molecule has 4 nitrogen and oxygen atoms in total. The lowest BCUT2D eigenvalue weighted by Gasteiger charge is -2.14. The van der Waals surface area contributed by atoms with Crippen LogP contribution in [0.15, 0.2) is 48.5 Å². The molecule has 0 aliphatic carbocycles. The van der Waals surface area contributed by atoms with Crippen LogP contribution in [0, 0.1) is 6.92 Å². The fourth-order valence-electron chi connectivity index (χ4n) is 2.27. The maximum atomic E-state index is 12.0. The molecule has 0 saturated carbocycles. The maximum Gasteiger partial charge on any atom is 0.234 e. The molecule has 0 fully saturated rings. The van der Waals surface area contributed by atoms with E-state index in [0.717, 1.165) is 16.8 Å². The zero-order chi connectivity index (χ0) is 18.2. The molecular formula is C19H21ClN2O2S. The summed E-state index contributed by atoms with van der Waals surface area (Å²) in [6, 6.07) is 14.9. The van der Waals surface area contributed by atoms with Crippen LogP contribution in [0.2, 0.25) is 5.02 Å². The Bertz CT molecular complexity index is 734. The second-order valence-corrected chi connectivity index (χ2v) is 7.17. The third-order valence-corrected chi connectivity index (χ3v) is 4.70. The zero-order valence-corrected chi connectivity index (χ0v) is 15.8. The van der Waals surface area contributed by atoms with Gasteiger partial charge in [-0.25, -0.2) is 0 Å². The number of carbonyl (C=O) groups excluding carboxylic acids is 2. The van der Waals surface area contributed by atoms with Crippen LogP contribution in [-0.4, -0.2) is 23.3 Å². The van der Waals surface area contributed by atoms with Crippen molar-refractivity contribution in [1.82, 2.24) is 5.32 Å². The summed E-state index contributed by atoms with van der Waals surface area (Å²) in [4.78, 5) is 23.9. The van der Waals surface area contributed by atoms with Crippen molar-refractivity contribution in [2.24, 2.45) is 0 Å². The van der Waals surface area contributed by atoms with Crippen molar-refractivity contribution < 1.29 is 9.59 Å². The van der Waals surface area contributed by atoms with E-state index in [-0.39, 0.29) is 29.4 Å². The molecule has 0 spiro atoms. The van der Waals surface area contributed by atoms with Gasteiger partial charge in [0.1, 0.15) is 0 Å². The SMILES string of the molecule is Cc1cccc(NC(=O)CSCC(=O)NC(C)c2ccc(Cl)cc2)c1. The van der Waals surface area contributed by atoms with E-state index in [9.17, 15) is 9.59 Å². The van der Waals surface area contributed by atoms with E-state index in [4.69, 9.17) is 11.6 Å². The summed E-state index contributed by atoms with van der Waals surface area (Å²) in [5.41, 5.74) is 2.84. The van der Waals surface area contributed by atoms with Crippen LogP contribution in [0.25, 0.3) is 0 Å². The third kappa shape index (κ3) is 6.80. The Labute approximate surface area is 157 Å². The molecule has 6 heteroatoms. The molecule has 0 aromatic heterocycles. The number of nitrogens with one attached hydrogen (secondary N) is 2. The number of rotatable bonds is 7. The molecule has 25 heavy (non-hydrogen) atoms. The first-order valence-electron chi connectivity index (χ1n) is 7.93. The summed E-state index contributed by atoms with van der Waals surface area (Å²) in [5, 5.41) is 6.40. The Balaban J connectivity index is 1.71. The zero-order valence-electron chi connectivity index (χ0n) is 14.2. The van der Waals surface area contributed by atoms with Gasteiger partial charge in [-0.05, 0) is 49.2 Å². The van der Waals surface area contributed by atoms with E-state index < -0.39 is 0 Å². The first-order chi connectivity index (χ1) is 11.9. The number of hydrogen-bond acceptors (Lipinski definition) is 3. The second kappa shape index (κ2) is 9.49. The Kier molecular flexibility index (Phi) is 7.34. The van der Waals surface area contributed by atoms with Crippen LogP contribution in [0.4, 0.5) is 5.69 Å². The van der Waals surface area contributed by atoms with Crippen LogP contribution in [0.3, 0.4) is 0 Å². The van der Waals surface area contributed by atoms with Crippen molar-refractivity contribution in [2.75, 3.05) is 16.8 Å². The van der Waals surface area contributed by atoms with Crippen molar-refractivity contribution in [2.45, 2.75) is 19.9 Å². The fraction of sp³-hybridized carbons (Fsp3) is 0.263. The summed E-state index contributed by atoms with van der Waals surface area (Å²) in [7, 11) is 0. The quantitative estimate of drug-likeness (QED) is 0.761. The maximum absolute atomic E-state index is 12.0. The van der Waals surface area contributed by atoms with Gasteiger partial charge >= 0.3 is 0 Å². The van der Waals surface area contributed by atoms with Gasteiger partial charge in [-0.15, -0.1) is 11.8 Å². The van der Waals surface area contributed by atoms with Crippen LogP contribution >= 0.6 is 23.4 Å². The number of aryl methyl sites for hydroxylation is 1.